The van der Waals surface area contributed by atoms with E-state index in [-0.39, 0.29) is 0 Å². The summed E-state index contributed by atoms with van der Waals surface area (Å²) in [6.07, 6.45) is 0. The van der Waals surface area contributed by atoms with Gasteiger partial charge in [0, 0.05) is 44.4 Å². The molecule has 0 aromatic heterocycles. The first kappa shape index (κ1) is 17.6. The maximum absolute atomic E-state index is 6.14. The van der Waals surface area contributed by atoms with Gasteiger partial charge in [-0.25, -0.2) is 0 Å². The molecule has 1 aliphatic heterocycles. The van der Waals surface area contributed by atoms with Gasteiger partial charge in [-0.3, -0.25) is 4.90 Å². The van der Waals surface area contributed by atoms with Gasteiger partial charge in [-0.15, -0.1) is 0 Å². The third kappa shape index (κ3) is 4.44. The molecule has 5 heteroatoms. The highest BCUT2D eigenvalue weighted by molar-refractivity contribution is 5.47. The molecule has 0 amide bonds. The van der Waals surface area contributed by atoms with Gasteiger partial charge in [-0.1, -0.05) is 18.2 Å². The van der Waals surface area contributed by atoms with Crippen molar-refractivity contribution in [3.8, 4) is 23.0 Å². The van der Waals surface area contributed by atoms with Gasteiger partial charge in [0.25, 0.3) is 0 Å². The quantitative estimate of drug-likeness (QED) is 0.805. The Kier molecular flexibility index (Phi) is 5.79. The van der Waals surface area contributed by atoms with Crippen LogP contribution in [0.1, 0.15) is 5.56 Å². The molecule has 1 fully saturated rings. The number of rotatable bonds is 6. The summed E-state index contributed by atoms with van der Waals surface area (Å²) >= 11 is 0. The van der Waals surface area contributed by atoms with Crippen LogP contribution in [-0.4, -0.2) is 57.2 Å². The number of hydrogen-bond donors (Lipinski definition) is 0. The van der Waals surface area contributed by atoms with Crippen molar-refractivity contribution < 1.29 is 14.2 Å². The van der Waals surface area contributed by atoms with Crippen LogP contribution in [-0.2, 0) is 6.54 Å². The highest BCUT2D eigenvalue weighted by Crippen LogP contribution is 2.34. The van der Waals surface area contributed by atoms with Crippen LogP contribution < -0.4 is 14.2 Å². The average Bonchev–Trinajstić information content (AvgIpc) is 2.65. The van der Waals surface area contributed by atoms with Crippen LogP contribution in [0.15, 0.2) is 42.5 Å². The predicted molar refractivity (Wildman–Crippen MR) is 98.8 cm³/mol. The third-order valence-corrected chi connectivity index (χ3v) is 4.55. The second kappa shape index (κ2) is 8.23. The summed E-state index contributed by atoms with van der Waals surface area (Å²) < 4.78 is 16.8. The summed E-state index contributed by atoms with van der Waals surface area (Å²) in [4.78, 5) is 4.83. The number of benzene rings is 2. The minimum atomic E-state index is 0.663. The summed E-state index contributed by atoms with van der Waals surface area (Å²) in [5, 5.41) is 0. The molecule has 1 saturated heterocycles. The van der Waals surface area contributed by atoms with Gasteiger partial charge in [0.05, 0.1) is 14.2 Å². The zero-order valence-corrected chi connectivity index (χ0v) is 15.2. The summed E-state index contributed by atoms with van der Waals surface area (Å²) in [7, 11) is 5.43. The van der Waals surface area contributed by atoms with Gasteiger partial charge in [-0.05, 0) is 25.2 Å². The van der Waals surface area contributed by atoms with E-state index in [2.05, 4.69) is 29.0 Å². The fraction of sp³-hybridized carbons (Fsp3) is 0.400. The van der Waals surface area contributed by atoms with E-state index in [4.69, 9.17) is 14.2 Å². The van der Waals surface area contributed by atoms with Gasteiger partial charge in [0.1, 0.15) is 11.5 Å². The highest BCUT2D eigenvalue weighted by Gasteiger charge is 2.16. The van der Waals surface area contributed by atoms with E-state index in [1.165, 1.54) is 5.56 Å². The first-order valence-electron chi connectivity index (χ1n) is 8.58. The smallest absolute Gasteiger partial charge is 0.164 e. The molecule has 0 radical (unpaired) electrons. The molecule has 5 nitrogen and oxygen atoms in total. The lowest BCUT2D eigenvalue weighted by Crippen LogP contribution is -2.43. The molecular formula is C20H26N2O3. The predicted octanol–water partition coefficient (Wildman–Crippen LogP) is 3.24. The molecular weight excluding hydrogens is 316 g/mol. The summed E-state index contributed by atoms with van der Waals surface area (Å²) in [6.45, 7) is 5.29. The van der Waals surface area contributed by atoms with Gasteiger partial charge >= 0.3 is 0 Å². The molecule has 0 aliphatic carbocycles. The molecule has 0 bridgehead atoms. The van der Waals surface area contributed by atoms with Crippen molar-refractivity contribution in [2.75, 3.05) is 47.4 Å². The molecule has 0 unspecified atom stereocenters. The van der Waals surface area contributed by atoms with Gasteiger partial charge < -0.3 is 19.1 Å². The van der Waals surface area contributed by atoms with Crippen LogP contribution in [0.4, 0.5) is 0 Å². The molecule has 2 aromatic carbocycles. The first-order valence-corrected chi connectivity index (χ1v) is 8.58. The molecule has 1 heterocycles. The Bertz CT molecular complexity index is 697. The van der Waals surface area contributed by atoms with Gasteiger partial charge in [-0.2, -0.15) is 0 Å². The second-order valence-electron chi connectivity index (χ2n) is 6.31. The first-order chi connectivity index (χ1) is 12.2. The number of nitrogens with zero attached hydrogens (tertiary/aromatic N) is 2. The molecule has 0 spiro atoms. The maximum Gasteiger partial charge on any atom is 0.164 e. The van der Waals surface area contributed by atoms with E-state index in [0.29, 0.717) is 11.5 Å². The van der Waals surface area contributed by atoms with E-state index < -0.39 is 0 Å². The standard InChI is InChI=1S/C20H26N2O3/c1-21-10-12-22(13-11-21)15-16-6-4-5-7-18(16)25-17-8-9-19(23-2)20(14-17)24-3/h4-9,14H,10-13,15H2,1-3H3. The lowest BCUT2D eigenvalue weighted by Gasteiger charge is -2.32. The fourth-order valence-corrected chi connectivity index (χ4v) is 2.99. The fourth-order valence-electron chi connectivity index (χ4n) is 2.99. The van der Waals surface area contributed by atoms with Crippen molar-refractivity contribution in [1.29, 1.82) is 0 Å². The summed E-state index contributed by atoms with van der Waals surface area (Å²) in [6, 6.07) is 13.8. The Balaban J connectivity index is 1.75. The van der Waals surface area contributed by atoms with Crippen LogP contribution in [0.25, 0.3) is 0 Å². The third-order valence-electron chi connectivity index (χ3n) is 4.55. The summed E-state index contributed by atoms with van der Waals surface area (Å²) in [5.41, 5.74) is 1.20. The number of hydrogen-bond acceptors (Lipinski definition) is 5. The Labute approximate surface area is 149 Å². The van der Waals surface area contributed by atoms with Crippen molar-refractivity contribution >= 4 is 0 Å². The largest absolute Gasteiger partial charge is 0.493 e. The van der Waals surface area contributed by atoms with E-state index >= 15 is 0 Å². The van der Waals surface area contributed by atoms with Crippen LogP contribution in [0, 0.1) is 0 Å². The van der Waals surface area contributed by atoms with E-state index in [0.717, 1.165) is 44.2 Å². The second-order valence-corrected chi connectivity index (χ2v) is 6.31. The number of piperazine rings is 1. The summed E-state index contributed by atoms with van der Waals surface area (Å²) in [5.74, 6) is 2.98. The Morgan fingerprint density at radius 2 is 1.56 bits per heavy atom. The SMILES string of the molecule is COc1ccc(Oc2ccccc2CN2CCN(C)CC2)cc1OC. The van der Waals surface area contributed by atoms with Crippen molar-refractivity contribution in [2.45, 2.75) is 6.54 Å². The monoisotopic (exact) mass is 342 g/mol. The van der Waals surface area contributed by atoms with Crippen molar-refractivity contribution in [2.24, 2.45) is 0 Å². The molecule has 0 N–H and O–H groups in total. The molecule has 3 rings (SSSR count). The van der Waals surface area contributed by atoms with Crippen molar-refractivity contribution in [1.82, 2.24) is 9.80 Å². The molecule has 0 saturated carbocycles. The van der Waals surface area contributed by atoms with E-state index in [1.54, 1.807) is 14.2 Å². The Morgan fingerprint density at radius 1 is 0.840 bits per heavy atom. The Hall–Kier alpha value is -2.24. The van der Waals surface area contributed by atoms with E-state index in [1.807, 2.05) is 30.3 Å². The topological polar surface area (TPSA) is 34.2 Å². The molecule has 1 aliphatic rings. The number of likely N-dealkylation sites (N-methyl/N-ethyl adjacent to an activating group) is 1. The average molecular weight is 342 g/mol. The van der Waals surface area contributed by atoms with Crippen LogP contribution in [0.3, 0.4) is 0 Å². The number of methoxy groups -OCH3 is 2. The normalized spacial score (nSPS) is 15.8. The zero-order chi connectivity index (χ0) is 17.6. The van der Waals surface area contributed by atoms with Crippen molar-refractivity contribution in [3.05, 3.63) is 48.0 Å². The van der Waals surface area contributed by atoms with Crippen LogP contribution in [0.5, 0.6) is 23.0 Å². The lowest BCUT2D eigenvalue weighted by atomic mass is 10.1. The Morgan fingerprint density at radius 3 is 2.28 bits per heavy atom. The molecule has 25 heavy (non-hydrogen) atoms. The minimum absolute atomic E-state index is 0.663. The minimum Gasteiger partial charge on any atom is -0.493 e. The van der Waals surface area contributed by atoms with E-state index in [9.17, 15) is 0 Å². The van der Waals surface area contributed by atoms with Gasteiger partial charge in [0.15, 0.2) is 11.5 Å². The highest BCUT2D eigenvalue weighted by atomic mass is 16.5. The molecule has 0 atom stereocenters. The maximum atomic E-state index is 6.14. The molecule has 134 valence electrons. The zero-order valence-electron chi connectivity index (χ0n) is 15.2. The van der Waals surface area contributed by atoms with Crippen LogP contribution >= 0.6 is 0 Å². The number of para-hydroxylation sites is 1. The molecule has 2 aromatic rings. The van der Waals surface area contributed by atoms with Crippen LogP contribution in [0.2, 0.25) is 0 Å². The van der Waals surface area contributed by atoms with Gasteiger partial charge in [0.2, 0.25) is 0 Å². The van der Waals surface area contributed by atoms with Crippen molar-refractivity contribution in [3.63, 3.8) is 0 Å². The number of ether oxygens (including phenoxy) is 3. The lowest BCUT2D eigenvalue weighted by molar-refractivity contribution is 0.147.